The molecule has 0 aliphatic rings. The molecule has 2 amide bonds. The molecule has 0 aromatic heterocycles. The topological polar surface area (TPSA) is 111 Å². The Morgan fingerprint density at radius 3 is 2.22 bits per heavy atom. The monoisotopic (exact) mass is 504 g/mol. The Morgan fingerprint density at radius 2 is 1.56 bits per heavy atom. The van der Waals surface area contributed by atoms with Gasteiger partial charge in [0.1, 0.15) is 0 Å². The highest BCUT2D eigenvalue weighted by Gasteiger charge is 2.13. The molecule has 170 valence electrons. The molecular weight excluding hydrogens is 480 g/mol. The minimum absolute atomic E-state index is 0.106. The number of aryl methyl sites for hydroxylation is 2. The summed E-state index contributed by atoms with van der Waals surface area (Å²) in [6.45, 7) is 5.31. The van der Waals surface area contributed by atoms with Gasteiger partial charge in [0.05, 0.1) is 18.6 Å². The number of hydrogen-bond donors (Lipinski definition) is 2. The molecule has 0 fully saturated rings. The van der Waals surface area contributed by atoms with Crippen LogP contribution in [0.25, 0.3) is 0 Å². The quantitative estimate of drug-likeness (QED) is 0.496. The molecule has 2 N–H and O–H groups in total. The molecule has 2 aromatic rings. The molecule has 0 saturated heterocycles. The summed E-state index contributed by atoms with van der Waals surface area (Å²) in [6.07, 6.45) is -0.276. The standard InChI is InChI=1S/C23H25BrN2O6/c1-4-31-23(30)16-5-7-17(8-6-16)25-20(27)9-10-22(29)32-13-21(28)26-19-12-14(2)18(24)11-15(19)3/h5-8,11-12H,4,9-10,13H2,1-3H3,(H,25,27)(H,26,28). The van der Waals surface area contributed by atoms with Gasteiger partial charge in [0.25, 0.3) is 5.91 Å². The van der Waals surface area contributed by atoms with Gasteiger partial charge in [0, 0.05) is 22.3 Å². The maximum atomic E-state index is 12.0. The number of nitrogens with one attached hydrogen (secondary N) is 2. The van der Waals surface area contributed by atoms with E-state index in [0.717, 1.165) is 15.6 Å². The molecule has 0 unspecified atom stereocenters. The van der Waals surface area contributed by atoms with Crippen molar-refractivity contribution in [2.24, 2.45) is 0 Å². The highest BCUT2D eigenvalue weighted by Crippen LogP contribution is 2.24. The molecule has 2 rings (SSSR count). The molecule has 8 nitrogen and oxygen atoms in total. The minimum atomic E-state index is -0.656. The van der Waals surface area contributed by atoms with Gasteiger partial charge in [-0.05, 0) is 68.3 Å². The Morgan fingerprint density at radius 1 is 0.875 bits per heavy atom. The Bertz CT molecular complexity index is 1000. The number of carbonyl (C=O) groups is 4. The summed E-state index contributed by atoms with van der Waals surface area (Å²) in [5, 5.41) is 5.33. The van der Waals surface area contributed by atoms with Crippen LogP contribution in [0.15, 0.2) is 40.9 Å². The molecule has 0 atom stereocenters. The van der Waals surface area contributed by atoms with Gasteiger partial charge in [-0.3, -0.25) is 14.4 Å². The van der Waals surface area contributed by atoms with Crippen LogP contribution in [-0.2, 0) is 23.9 Å². The Kier molecular flexibility index (Phi) is 9.39. The van der Waals surface area contributed by atoms with Crippen molar-refractivity contribution >= 4 is 51.1 Å². The average molecular weight is 505 g/mol. The van der Waals surface area contributed by atoms with Crippen LogP contribution < -0.4 is 10.6 Å². The van der Waals surface area contributed by atoms with E-state index in [4.69, 9.17) is 9.47 Å². The second-order valence-corrected chi connectivity index (χ2v) is 7.83. The van der Waals surface area contributed by atoms with Gasteiger partial charge in [-0.2, -0.15) is 0 Å². The lowest BCUT2D eigenvalue weighted by Crippen LogP contribution is -2.22. The third kappa shape index (κ3) is 7.81. The van der Waals surface area contributed by atoms with Gasteiger partial charge in [-0.1, -0.05) is 15.9 Å². The van der Waals surface area contributed by atoms with E-state index in [0.29, 0.717) is 16.9 Å². The third-order valence-corrected chi connectivity index (χ3v) is 5.23. The number of hydrogen-bond acceptors (Lipinski definition) is 6. The van der Waals surface area contributed by atoms with Gasteiger partial charge in [-0.15, -0.1) is 0 Å². The van der Waals surface area contributed by atoms with Crippen molar-refractivity contribution in [3.63, 3.8) is 0 Å². The number of halogens is 1. The molecule has 0 spiro atoms. The predicted molar refractivity (Wildman–Crippen MR) is 123 cm³/mol. The van der Waals surface area contributed by atoms with E-state index >= 15 is 0 Å². The summed E-state index contributed by atoms with van der Waals surface area (Å²) >= 11 is 3.43. The maximum absolute atomic E-state index is 12.0. The number of carbonyl (C=O) groups excluding carboxylic acids is 4. The number of rotatable bonds is 9. The summed E-state index contributed by atoms with van der Waals surface area (Å²) in [7, 11) is 0. The van der Waals surface area contributed by atoms with Crippen LogP contribution in [0.5, 0.6) is 0 Å². The van der Waals surface area contributed by atoms with Crippen molar-refractivity contribution in [2.45, 2.75) is 33.6 Å². The fourth-order valence-electron chi connectivity index (χ4n) is 2.66. The molecule has 0 bridgehead atoms. The van der Waals surface area contributed by atoms with E-state index in [1.807, 2.05) is 26.0 Å². The van der Waals surface area contributed by atoms with Gasteiger partial charge in [0.15, 0.2) is 6.61 Å². The lowest BCUT2D eigenvalue weighted by molar-refractivity contribution is -0.147. The van der Waals surface area contributed by atoms with Crippen molar-refractivity contribution in [1.29, 1.82) is 0 Å². The highest BCUT2D eigenvalue weighted by molar-refractivity contribution is 9.10. The summed E-state index contributed by atoms with van der Waals surface area (Å²) in [5.41, 5.74) is 3.33. The maximum Gasteiger partial charge on any atom is 0.338 e. The lowest BCUT2D eigenvalue weighted by atomic mass is 10.1. The van der Waals surface area contributed by atoms with Crippen LogP contribution in [0.1, 0.15) is 41.3 Å². The normalized spacial score (nSPS) is 10.2. The van der Waals surface area contributed by atoms with Crippen LogP contribution in [0, 0.1) is 13.8 Å². The molecule has 0 heterocycles. The molecule has 0 saturated carbocycles. The molecule has 32 heavy (non-hydrogen) atoms. The first kappa shape index (κ1) is 25.1. The second kappa shape index (κ2) is 12.0. The smallest absolute Gasteiger partial charge is 0.338 e. The molecule has 2 aromatic carbocycles. The fraction of sp³-hybridized carbons (Fsp3) is 0.304. The van der Waals surface area contributed by atoms with Crippen LogP contribution in [-0.4, -0.2) is 37.0 Å². The first-order valence-electron chi connectivity index (χ1n) is 9.98. The SMILES string of the molecule is CCOC(=O)c1ccc(NC(=O)CCC(=O)OCC(=O)Nc2cc(C)c(Br)cc2C)cc1. The molecule has 9 heteroatoms. The Balaban J connectivity index is 1.73. The first-order chi connectivity index (χ1) is 15.2. The highest BCUT2D eigenvalue weighted by atomic mass is 79.9. The van der Waals surface area contributed by atoms with E-state index in [1.165, 1.54) is 12.1 Å². The zero-order valence-electron chi connectivity index (χ0n) is 18.1. The van der Waals surface area contributed by atoms with Crippen molar-refractivity contribution in [1.82, 2.24) is 0 Å². The van der Waals surface area contributed by atoms with E-state index in [-0.39, 0.29) is 19.4 Å². The molecule has 0 aliphatic carbocycles. The zero-order chi connectivity index (χ0) is 23.7. The fourth-order valence-corrected chi connectivity index (χ4v) is 3.12. The molecular formula is C23H25BrN2O6. The number of esters is 2. The summed E-state index contributed by atoms with van der Waals surface area (Å²) in [6, 6.07) is 9.92. The molecule has 0 aliphatic heterocycles. The number of benzene rings is 2. The van der Waals surface area contributed by atoms with Crippen molar-refractivity contribution in [3.05, 3.63) is 57.6 Å². The Hall–Kier alpha value is -3.20. The van der Waals surface area contributed by atoms with Crippen LogP contribution in [0.2, 0.25) is 0 Å². The summed E-state index contributed by atoms with van der Waals surface area (Å²) in [5.74, 6) is -1.95. The summed E-state index contributed by atoms with van der Waals surface area (Å²) < 4.78 is 10.8. The van der Waals surface area contributed by atoms with Crippen LogP contribution in [0.3, 0.4) is 0 Å². The molecule has 0 radical (unpaired) electrons. The zero-order valence-corrected chi connectivity index (χ0v) is 19.7. The van der Waals surface area contributed by atoms with E-state index < -0.39 is 30.4 Å². The van der Waals surface area contributed by atoms with Crippen LogP contribution in [0.4, 0.5) is 11.4 Å². The van der Waals surface area contributed by atoms with E-state index in [9.17, 15) is 19.2 Å². The van der Waals surface area contributed by atoms with Crippen molar-refractivity contribution in [3.8, 4) is 0 Å². The van der Waals surface area contributed by atoms with E-state index in [1.54, 1.807) is 19.1 Å². The van der Waals surface area contributed by atoms with Crippen molar-refractivity contribution < 1.29 is 28.7 Å². The van der Waals surface area contributed by atoms with Gasteiger partial charge in [0.2, 0.25) is 5.91 Å². The summed E-state index contributed by atoms with van der Waals surface area (Å²) in [4.78, 5) is 47.6. The third-order valence-electron chi connectivity index (χ3n) is 4.38. The van der Waals surface area contributed by atoms with Gasteiger partial charge >= 0.3 is 11.9 Å². The predicted octanol–water partition coefficient (Wildman–Crippen LogP) is 4.14. The minimum Gasteiger partial charge on any atom is -0.462 e. The average Bonchev–Trinajstić information content (AvgIpc) is 2.75. The van der Waals surface area contributed by atoms with E-state index in [2.05, 4.69) is 26.6 Å². The number of ether oxygens (including phenoxy) is 2. The number of amides is 2. The van der Waals surface area contributed by atoms with Gasteiger partial charge in [-0.25, -0.2) is 4.79 Å². The Labute approximate surface area is 194 Å². The first-order valence-corrected chi connectivity index (χ1v) is 10.8. The lowest BCUT2D eigenvalue weighted by Gasteiger charge is -2.11. The second-order valence-electron chi connectivity index (χ2n) is 6.97. The number of anilines is 2. The largest absolute Gasteiger partial charge is 0.462 e. The van der Waals surface area contributed by atoms with Crippen molar-refractivity contribution in [2.75, 3.05) is 23.8 Å². The van der Waals surface area contributed by atoms with Crippen LogP contribution >= 0.6 is 15.9 Å². The van der Waals surface area contributed by atoms with Gasteiger partial charge < -0.3 is 20.1 Å².